The van der Waals surface area contributed by atoms with Gasteiger partial charge in [-0.05, 0) is 19.1 Å². The summed E-state index contributed by atoms with van der Waals surface area (Å²) in [5.41, 5.74) is 6.57. The Morgan fingerprint density at radius 2 is 2.17 bits per heavy atom. The van der Waals surface area contributed by atoms with E-state index in [-0.39, 0.29) is 6.42 Å². The lowest BCUT2D eigenvalue weighted by Crippen LogP contribution is -2.14. The first kappa shape index (κ1) is 14.8. The average molecular weight is 313 g/mol. The number of nitrogens with two attached hydrogens (primary N) is 1. The van der Waals surface area contributed by atoms with Crippen LogP contribution in [0, 0.1) is 6.92 Å². The van der Waals surface area contributed by atoms with Crippen LogP contribution in [-0.2, 0) is 11.2 Å². The number of primary amides is 1. The number of amides is 1. The van der Waals surface area contributed by atoms with Gasteiger partial charge in [0.2, 0.25) is 11.7 Å². The number of para-hydroxylation sites is 2. The number of aryl methyl sites for hydroxylation is 1. The van der Waals surface area contributed by atoms with Gasteiger partial charge >= 0.3 is 0 Å². The number of benzene rings is 1. The fourth-order valence-electron chi connectivity index (χ4n) is 2.22. The van der Waals surface area contributed by atoms with E-state index in [9.17, 15) is 4.79 Å². The summed E-state index contributed by atoms with van der Waals surface area (Å²) < 4.78 is 12.3. The van der Waals surface area contributed by atoms with Gasteiger partial charge in [-0.25, -0.2) is 14.6 Å². The molecular weight excluding hydrogens is 298 g/mol. The smallest absolute Gasteiger partial charge is 0.225 e. The molecule has 0 aliphatic heterocycles. The quantitative estimate of drug-likeness (QED) is 0.759. The zero-order valence-electron chi connectivity index (χ0n) is 12.7. The van der Waals surface area contributed by atoms with Crippen LogP contribution in [-0.4, -0.2) is 32.8 Å². The number of carbonyl (C=O) groups is 1. The Hall–Kier alpha value is -3.16. The van der Waals surface area contributed by atoms with Gasteiger partial charge in [0.25, 0.3) is 0 Å². The minimum atomic E-state index is -0.511. The largest absolute Gasteiger partial charge is 0.494 e. The molecule has 2 N–H and O–H groups in total. The third-order valence-corrected chi connectivity index (χ3v) is 3.25. The second-order valence-electron chi connectivity index (χ2n) is 4.85. The Bertz CT molecular complexity index is 852. The predicted molar refractivity (Wildman–Crippen MR) is 81.0 cm³/mol. The molecule has 8 nitrogen and oxygen atoms in total. The molecule has 0 spiro atoms. The van der Waals surface area contributed by atoms with Gasteiger partial charge in [0.05, 0.1) is 19.2 Å². The number of hydrogen-bond donors (Lipinski definition) is 1. The van der Waals surface area contributed by atoms with Crippen molar-refractivity contribution in [3.05, 3.63) is 42.2 Å². The summed E-state index contributed by atoms with van der Waals surface area (Å²) >= 11 is 0. The lowest BCUT2D eigenvalue weighted by atomic mass is 10.3. The summed E-state index contributed by atoms with van der Waals surface area (Å²) in [6.45, 7) is 1.80. The van der Waals surface area contributed by atoms with Crippen molar-refractivity contribution >= 4 is 5.91 Å². The Labute approximate surface area is 131 Å². The number of oxazole rings is 1. The summed E-state index contributed by atoms with van der Waals surface area (Å²) in [7, 11) is 1.57. The van der Waals surface area contributed by atoms with Crippen molar-refractivity contribution in [3.8, 4) is 23.0 Å². The highest BCUT2D eigenvalue weighted by molar-refractivity contribution is 5.75. The van der Waals surface area contributed by atoms with E-state index in [2.05, 4.69) is 15.1 Å². The van der Waals surface area contributed by atoms with Crippen LogP contribution in [0.4, 0.5) is 0 Å². The summed E-state index contributed by atoms with van der Waals surface area (Å²) in [6, 6.07) is 7.34. The van der Waals surface area contributed by atoms with Gasteiger partial charge in [-0.2, -0.15) is 0 Å². The van der Waals surface area contributed by atoms with Crippen molar-refractivity contribution in [3.63, 3.8) is 0 Å². The number of rotatable bonds is 5. The standard InChI is InChI=1S/C15H15N5O3/c1-9-14(23-8-17-9)15-18-13(7-12(16)21)19-20(15)10-5-3-4-6-11(10)22-2/h3-6,8H,7H2,1-2H3,(H2,16,21). The van der Waals surface area contributed by atoms with Crippen molar-refractivity contribution in [1.82, 2.24) is 19.7 Å². The molecule has 3 aromatic rings. The lowest BCUT2D eigenvalue weighted by Gasteiger charge is -2.09. The van der Waals surface area contributed by atoms with Gasteiger partial charge in [-0.3, -0.25) is 4.79 Å². The van der Waals surface area contributed by atoms with Gasteiger partial charge < -0.3 is 14.9 Å². The molecule has 23 heavy (non-hydrogen) atoms. The van der Waals surface area contributed by atoms with E-state index in [1.165, 1.54) is 6.39 Å². The van der Waals surface area contributed by atoms with E-state index >= 15 is 0 Å². The highest BCUT2D eigenvalue weighted by Gasteiger charge is 2.21. The molecule has 0 fully saturated rings. The minimum Gasteiger partial charge on any atom is -0.494 e. The maximum Gasteiger partial charge on any atom is 0.225 e. The summed E-state index contributed by atoms with van der Waals surface area (Å²) in [5.74, 6) is 1.30. The maximum atomic E-state index is 11.2. The van der Waals surface area contributed by atoms with Crippen LogP contribution in [0.15, 0.2) is 35.1 Å². The molecule has 0 bridgehead atoms. The first-order valence-electron chi connectivity index (χ1n) is 6.88. The van der Waals surface area contributed by atoms with E-state index in [0.29, 0.717) is 34.5 Å². The normalized spacial score (nSPS) is 10.7. The molecule has 0 aliphatic carbocycles. The molecule has 2 aromatic heterocycles. The van der Waals surface area contributed by atoms with Crippen molar-refractivity contribution < 1.29 is 13.9 Å². The number of carbonyl (C=O) groups excluding carboxylic acids is 1. The Morgan fingerprint density at radius 3 is 2.83 bits per heavy atom. The Balaban J connectivity index is 2.20. The van der Waals surface area contributed by atoms with Crippen LogP contribution in [0.3, 0.4) is 0 Å². The van der Waals surface area contributed by atoms with Crippen LogP contribution >= 0.6 is 0 Å². The van der Waals surface area contributed by atoms with Gasteiger partial charge in [0.15, 0.2) is 18.0 Å². The van der Waals surface area contributed by atoms with Crippen molar-refractivity contribution in [2.24, 2.45) is 5.73 Å². The third-order valence-electron chi connectivity index (χ3n) is 3.25. The van der Waals surface area contributed by atoms with Crippen molar-refractivity contribution in [2.45, 2.75) is 13.3 Å². The van der Waals surface area contributed by atoms with E-state index < -0.39 is 5.91 Å². The van der Waals surface area contributed by atoms with Gasteiger partial charge in [0.1, 0.15) is 11.4 Å². The van der Waals surface area contributed by atoms with Crippen LogP contribution in [0.25, 0.3) is 17.3 Å². The molecule has 0 unspecified atom stereocenters. The van der Waals surface area contributed by atoms with E-state index in [1.54, 1.807) is 18.7 Å². The zero-order valence-corrected chi connectivity index (χ0v) is 12.7. The molecule has 3 rings (SSSR count). The van der Waals surface area contributed by atoms with Crippen LogP contribution in [0.1, 0.15) is 11.5 Å². The van der Waals surface area contributed by atoms with Gasteiger partial charge in [-0.1, -0.05) is 12.1 Å². The second kappa shape index (κ2) is 5.91. The molecule has 118 valence electrons. The third kappa shape index (κ3) is 2.78. The molecule has 0 radical (unpaired) electrons. The fourth-order valence-corrected chi connectivity index (χ4v) is 2.22. The fraction of sp³-hybridized carbons (Fsp3) is 0.200. The number of aromatic nitrogens is 4. The number of hydrogen-bond acceptors (Lipinski definition) is 6. The molecule has 1 aromatic carbocycles. The monoisotopic (exact) mass is 313 g/mol. The van der Waals surface area contributed by atoms with Crippen LogP contribution < -0.4 is 10.5 Å². The molecule has 0 saturated heterocycles. The summed E-state index contributed by atoms with van der Waals surface area (Å²) in [6.07, 6.45) is 1.27. The van der Waals surface area contributed by atoms with Crippen LogP contribution in [0.5, 0.6) is 5.75 Å². The van der Waals surface area contributed by atoms with Crippen molar-refractivity contribution in [1.29, 1.82) is 0 Å². The van der Waals surface area contributed by atoms with E-state index in [4.69, 9.17) is 14.9 Å². The minimum absolute atomic E-state index is 0.0671. The molecule has 0 aliphatic rings. The topological polar surface area (TPSA) is 109 Å². The van der Waals surface area contributed by atoms with E-state index in [0.717, 1.165) is 0 Å². The number of methoxy groups -OCH3 is 1. The highest BCUT2D eigenvalue weighted by atomic mass is 16.5. The predicted octanol–water partition coefficient (Wildman–Crippen LogP) is 1.27. The van der Waals surface area contributed by atoms with Crippen molar-refractivity contribution in [2.75, 3.05) is 7.11 Å². The summed E-state index contributed by atoms with van der Waals surface area (Å²) in [4.78, 5) is 19.6. The molecular formula is C15H15N5O3. The molecule has 0 saturated carbocycles. The van der Waals surface area contributed by atoms with Gasteiger partial charge in [0, 0.05) is 0 Å². The van der Waals surface area contributed by atoms with Crippen LogP contribution in [0.2, 0.25) is 0 Å². The maximum absolute atomic E-state index is 11.2. The zero-order chi connectivity index (χ0) is 16.4. The molecule has 8 heteroatoms. The first-order valence-corrected chi connectivity index (χ1v) is 6.88. The number of ether oxygens (including phenoxy) is 1. The molecule has 1 amide bonds. The van der Waals surface area contributed by atoms with E-state index in [1.807, 2.05) is 24.3 Å². The number of nitrogens with zero attached hydrogens (tertiary/aromatic N) is 4. The Morgan fingerprint density at radius 1 is 1.39 bits per heavy atom. The second-order valence-corrected chi connectivity index (χ2v) is 4.85. The average Bonchev–Trinajstić information content (AvgIpc) is 3.12. The first-order chi connectivity index (χ1) is 11.1. The summed E-state index contributed by atoms with van der Waals surface area (Å²) in [5, 5.41) is 4.36. The Kier molecular flexibility index (Phi) is 3.80. The SMILES string of the molecule is COc1ccccc1-n1nc(CC(N)=O)nc1-c1ocnc1C. The molecule has 0 atom stereocenters. The highest BCUT2D eigenvalue weighted by Crippen LogP contribution is 2.28. The van der Waals surface area contributed by atoms with Gasteiger partial charge in [-0.15, -0.1) is 5.10 Å². The lowest BCUT2D eigenvalue weighted by molar-refractivity contribution is -0.117. The molecule has 2 heterocycles.